The van der Waals surface area contributed by atoms with Crippen molar-refractivity contribution < 1.29 is 22.7 Å². The highest BCUT2D eigenvalue weighted by atomic mass is 19.4. The van der Waals surface area contributed by atoms with Gasteiger partial charge in [0.05, 0.1) is 0 Å². The molecule has 3 heterocycles. The summed E-state index contributed by atoms with van der Waals surface area (Å²) in [5, 5.41) is 0. The number of piperidine rings is 1. The van der Waals surface area contributed by atoms with Gasteiger partial charge in [-0.25, -0.2) is 0 Å². The van der Waals surface area contributed by atoms with Gasteiger partial charge in [0, 0.05) is 42.7 Å². The molecular formula is C25H27F3N2O3. The summed E-state index contributed by atoms with van der Waals surface area (Å²) in [4.78, 5) is 28.4. The highest BCUT2D eigenvalue weighted by molar-refractivity contribution is 5.79. The number of amides is 1. The van der Waals surface area contributed by atoms with E-state index >= 15 is 0 Å². The minimum absolute atomic E-state index is 0.134. The Morgan fingerprint density at radius 3 is 2.36 bits per heavy atom. The fourth-order valence-electron chi connectivity index (χ4n) is 5.79. The Labute approximate surface area is 190 Å². The van der Waals surface area contributed by atoms with Crippen LogP contribution in [0.15, 0.2) is 41.2 Å². The third kappa shape index (κ3) is 4.52. The summed E-state index contributed by atoms with van der Waals surface area (Å²) >= 11 is 0. The van der Waals surface area contributed by atoms with Crippen LogP contribution in [0.1, 0.15) is 50.1 Å². The number of rotatable bonds is 3. The van der Waals surface area contributed by atoms with E-state index in [1.165, 1.54) is 30.7 Å². The maximum absolute atomic E-state index is 13.3. The predicted octanol–water partition coefficient (Wildman–Crippen LogP) is 4.94. The molecule has 2 unspecified atom stereocenters. The first-order valence-corrected chi connectivity index (χ1v) is 11.7. The van der Waals surface area contributed by atoms with Gasteiger partial charge in [-0.3, -0.25) is 9.59 Å². The minimum atomic E-state index is -4.75. The molecule has 1 aliphatic carbocycles. The molecule has 2 bridgehead atoms. The molecule has 1 amide bonds. The third-order valence-electron chi connectivity index (χ3n) is 7.27. The van der Waals surface area contributed by atoms with E-state index in [0.717, 1.165) is 37.8 Å². The van der Waals surface area contributed by atoms with Gasteiger partial charge in [0.25, 0.3) is 5.56 Å². The molecule has 0 spiro atoms. The molecule has 0 N–H and O–H groups in total. The molecule has 2 aromatic rings. The minimum Gasteiger partial charge on any atom is -0.406 e. The average Bonchev–Trinajstić information content (AvgIpc) is 2.79. The zero-order valence-electron chi connectivity index (χ0n) is 18.3. The first-order chi connectivity index (χ1) is 15.8. The van der Waals surface area contributed by atoms with Gasteiger partial charge in [-0.2, -0.15) is 0 Å². The monoisotopic (exact) mass is 460 g/mol. The van der Waals surface area contributed by atoms with Crippen LogP contribution >= 0.6 is 0 Å². The van der Waals surface area contributed by atoms with Gasteiger partial charge in [-0.15, -0.1) is 13.2 Å². The number of halogens is 3. The van der Waals surface area contributed by atoms with E-state index in [-0.39, 0.29) is 35.0 Å². The molecular weight excluding hydrogens is 433 g/mol. The van der Waals surface area contributed by atoms with E-state index in [4.69, 9.17) is 0 Å². The number of fused-ring (bicyclic) bond motifs is 4. The molecule has 33 heavy (non-hydrogen) atoms. The van der Waals surface area contributed by atoms with Crippen LogP contribution in [0.25, 0.3) is 11.1 Å². The van der Waals surface area contributed by atoms with Crippen molar-refractivity contribution in [3.05, 3.63) is 52.4 Å². The Kier molecular flexibility index (Phi) is 5.70. The number of carbonyl (C=O) groups excluding carboxylic acids is 1. The molecule has 176 valence electrons. The maximum Gasteiger partial charge on any atom is 0.573 e. The molecule has 5 rings (SSSR count). The largest absolute Gasteiger partial charge is 0.573 e. The number of hydrogen-bond donors (Lipinski definition) is 0. The van der Waals surface area contributed by atoms with Crippen molar-refractivity contribution in [1.82, 2.24) is 9.47 Å². The van der Waals surface area contributed by atoms with Crippen molar-refractivity contribution in [2.45, 2.75) is 57.3 Å². The number of carbonyl (C=O) groups is 1. The van der Waals surface area contributed by atoms with Gasteiger partial charge in [0.1, 0.15) is 5.75 Å². The van der Waals surface area contributed by atoms with Crippen LogP contribution in [0.3, 0.4) is 0 Å². The second kappa shape index (κ2) is 8.54. The molecule has 5 nitrogen and oxygen atoms in total. The summed E-state index contributed by atoms with van der Waals surface area (Å²) in [6.07, 6.45) is 1.65. The Morgan fingerprint density at radius 2 is 1.67 bits per heavy atom. The molecule has 2 atom stereocenters. The van der Waals surface area contributed by atoms with Gasteiger partial charge in [0.2, 0.25) is 5.91 Å². The quantitative estimate of drug-likeness (QED) is 0.652. The fraction of sp³-hybridized carbons (Fsp3) is 0.520. The summed E-state index contributed by atoms with van der Waals surface area (Å²) in [6, 6.07) is 9.06. The van der Waals surface area contributed by atoms with Crippen LogP contribution in [-0.2, 0) is 11.3 Å². The van der Waals surface area contributed by atoms with Crippen molar-refractivity contribution >= 4 is 5.91 Å². The van der Waals surface area contributed by atoms with Crippen LogP contribution in [0.5, 0.6) is 5.75 Å². The zero-order chi connectivity index (χ0) is 23.2. The van der Waals surface area contributed by atoms with Crippen LogP contribution in [0, 0.1) is 11.8 Å². The molecule has 1 saturated carbocycles. The smallest absolute Gasteiger partial charge is 0.406 e. The van der Waals surface area contributed by atoms with E-state index in [9.17, 15) is 22.8 Å². The molecule has 2 aliphatic heterocycles. The molecule has 3 aliphatic rings. The standard InChI is InChI=1S/C25H27F3N2O3/c26-25(27,28)33-20-8-6-17(7-9-20)21-10-11-22-19-12-16(14-30(22)24(21)32)13-29(15-19)23(31)18-4-2-1-3-5-18/h6-11,16,18-19H,1-5,12-15H2. The van der Waals surface area contributed by atoms with Gasteiger partial charge in [0.15, 0.2) is 0 Å². The second-order valence-electron chi connectivity index (χ2n) is 9.54. The van der Waals surface area contributed by atoms with Crippen molar-refractivity contribution in [3.63, 3.8) is 0 Å². The Hall–Kier alpha value is -2.77. The molecule has 1 saturated heterocycles. The second-order valence-corrected chi connectivity index (χ2v) is 9.54. The predicted molar refractivity (Wildman–Crippen MR) is 117 cm³/mol. The summed E-state index contributed by atoms with van der Waals surface area (Å²) in [5.74, 6) is 0.472. The topological polar surface area (TPSA) is 51.5 Å². The van der Waals surface area contributed by atoms with Gasteiger partial charge >= 0.3 is 6.36 Å². The van der Waals surface area contributed by atoms with Gasteiger partial charge < -0.3 is 14.2 Å². The van der Waals surface area contributed by atoms with Crippen LogP contribution in [-0.4, -0.2) is 34.8 Å². The highest BCUT2D eigenvalue weighted by Crippen LogP contribution is 2.37. The van der Waals surface area contributed by atoms with Crippen LogP contribution in [0.2, 0.25) is 0 Å². The lowest BCUT2D eigenvalue weighted by Gasteiger charge is -2.44. The number of ether oxygens (including phenoxy) is 1. The number of nitrogens with zero attached hydrogens (tertiary/aromatic N) is 2. The van der Waals surface area contributed by atoms with Crippen LogP contribution in [0.4, 0.5) is 13.2 Å². The first kappa shape index (κ1) is 22.0. The van der Waals surface area contributed by atoms with Crippen molar-refractivity contribution in [2.75, 3.05) is 13.1 Å². The first-order valence-electron chi connectivity index (χ1n) is 11.7. The van der Waals surface area contributed by atoms with Gasteiger partial charge in [-0.05, 0) is 55.0 Å². The Bertz CT molecular complexity index is 1090. The van der Waals surface area contributed by atoms with Gasteiger partial charge in [-0.1, -0.05) is 31.4 Å². The number of alkyl halides is 3. The van der Waals surface area contributed by atoms with Crippen LogP contribution < -0.4 is 10.3 Å². The lowest BCUT2D eigenvalue weighted by atomic mass is 9.81. The lowest BCUT2D eigenvalue weighted by Crippen LogP contribution is -2.50. The maximum atomic E-state index is 13.3. The number of pyridine rings is 1. The normalized spacial score (nSPS) is 23.2. The van der Waals surface area contributed by atoms with Crippen molar-refractivity contribution in [1.29, 1.82) is 0 Å². The summed E-state index contributed by atoms with van der Waals surface area (Å²) in [5.41, 5.74) is 1.80. The van der Waals surface area contributed by atoms with E-state index in [1.807, 2.05) is 11.0 Å². The molecule has 2 fully saturated rings. The average molecular weight is 460 g/mol. The SMILES string of the molecule is O=C(C1CCCCC1)N1CC2CC(C1)c1ccc(-c3ccc(OC(F)(F)F)cc3)c(=O)n1C2. The summed E-state index contributed by atoms with van der Waals surface area (Å²) < 4.78 is 43.0. The van der Waals surface area contributed by atoms with E-state index in [1.54, 1.807) is 10.6 Å². The molecule has 8 heteroatoms. The number of likely N-dealkylation sites (tertiary alicyclic amines) is 1. The fourth-order valence-corrected chi connectivity index (χ4v) is 5.79. The van der Waals surface area contributed by atoms with E-state index < -0.39 is 6.36 Å². The molecule has 0 radical (unpaired) electrons. The lowest BCUT2D eigenvalue weighted by molar-refractivity contribution is -0.274. The zero-order valence-corrected chi connectivity index (χ0v) is 18.3. The molecule has 1 aromatic carbocycles. The van der Waals surface area contributed by atoms with E-state index in [2.05, 4.69) is 4.74 Å². The highest BCUT2D eigenvalue weighted by Gasteiger charge is 2.38. The van der Waals surface area contributed by atoms with Crippen molar-refractivity contribution in [2.24, 2.45) is 11.8 Å². The number of aromatic nitrogens is 1. The Morgan fingerprint density at radius 1 is 0.939 bits per heavy atom. The third-order valence-corrected chi connectivity index (χ3v) is 7.27. The summed E-state index contributed by atoms with van der Waals surface area (Å²) in [7, 11) is 0. The Balaban J connectivity index is 1.37. The van der Waals surface area contributed by atoms with E-state index in [0.29, 0.717) is 30.8 Å². The number of benzene rings is 1. The number of hydrogen-bond acceptors (Lipinski definition) is 3. The van der Waals surface area contributed by atoms with Crippen molar-refractivity contribution in [3.8, 4) is 16.9 Å². The molecule has 1 aromatic heterocycles. The summed E-state index contributed by atoms with van der Waals surface area (Å²) in [6.45, 7) is 1.89.